The van der Waals surface area contributed by atoms with Crippen molar-refractivity contribution in [3.8, 4) is 11.3 Å². The molecule has 1 aliphatic carbocycles. The lowest BCUT2D eigenvalue weighted by Crippen LogP contribution is -2.36. The topological polar surface area (TPSA) is 89.9 Å². The molecule has 0 amide bonds. The van der Waals surface area contributed by atoms with Crippen LogP contribution >= 0.6 is 0 Å². The van der Waals surface area contributed by atoms with Gasteiger partial charge in [-0.2, -0.15) is 4.98 Å². The van der Waals surface area contributed by atoms with Crippen LogP contribution in [0.5, 0.6) is 0 Å². The standard InChI is InChI=1S/C22H26N6O2/c29-21-12-19(17-4-8-23-9-5-17)24-15-28(21)13-16-6-10-27(11-7-16)14-20-25-22(30-26-20)18-2-1-3-18/h4-5,8-9,12,15-16,18H,1-3,6-7,10-11,13-14H2. The SMILES string of the molecule is O=c1cc(-c2ccncc2)ncn1CC1CCN(Cc2noc(C3CCC3)n2)CC1. The summed E-state index contributed by atoms with van der Waals surface area (Å²) in [5.74, 6) is 2.56. The normalized spacial score (nSPS) is 18.4. The molecule has 0 unspecified atom stereocenters. The monoisotopic (exact) mass is 406 g/mol. The first-order chi connectivity index (χ1) is 14.7. The average Bonchev–Trinajstić information content (AvgIpc) is 3.18. The smallest absolute Gasteiger partial charge is 0.253 e. The second-order valence-corrected chi connectivity index (χ2v) is 8.40. The van der Waals surface area contributed by atoms with Gasteiger partial charge in [-0.05, 0) is 56.8 Å². The molecule has 30 heavy (non-hydrogen) atoms. The van der Waals surface area contributed by atoms with E-state index in [2.05, 4.69) is 25.0 Å². The number of pyridine rings is 1. The summed E-state index contributed by atoms with van der Waals surface area (Å²) in [6.45, 7) is 3.42. The van der Waals surface area contributed by atoms with E-state index in [1.165, 1.54) is 19.3 Å². The van der Waals surface area contributed by atoms with Crippen LogP contribution in [0.2, 0.25) is 0 Å². The molecule has 1 aliphatic heterocycles. The molecule has 0 radical (unpaired) electrons. The average molecular weight is 406 g/mol. The zero-order valence-electron chi connectivity index (χ0n) is 17.0. The Bertz CT molecular complexity index is 1040. The van der Waals surface area contributed by atoms with Crippen LogP contribution in [0.3, 0.4) is 0 Å². The molecule has 8 heteroatoms. The van der Waals surface area contributed by atoms with Gasteiger partial charge >= 0.3 is 0 Å². The van der Waals surface area contributed by atoms with Crippen molar-refractivity contribution < 1.29 is 4.52 Å². The summed E-state index contributed by atoms with van der Waals surface area (Å²) < 4.78 is 7.16. The van der Waals surface area contributed by atoms with Gasteiger partial charge in [-0.3, -0.25) is 19.2 Å². The predicted molar refractivity (Wildman–Crippen MR) is 111 cm³/mol. The Hall–Kier alpha value is -2.87. The maximum absolute atomic E-state index is 12.5. The molecular formula is C22H26N6O2. The number of likely N-dealkylation sites (tertiary alicyclic amines) is 1. The van der Waals surface area contributed by atoms with E-state index in [4.69, 9.17) is 4.52 Å². The Labute approximate surface area is 175 Å². The van der Waals surface area contributed by atoms with Crippen LogP contribution in [0, 0.1) is 5.92 Å². The molecule has 2 fully saturated rings. The molecule has 0 bridgehead atoms. The van der Waals surface area contributed by atoms with Gasteiger partial charge in [0.1, 0.15) is 0 Å². The molecule has 2 aliphatic rings. The van der Waals surface area contributed by atoms with Crippen LogP contribution in [0.25, 0.3) is 11.3 Å². The van der Waals surface area contributed by atoms with Crippen molar-refractivity contribution in [1.29, 1.82) is 0 Å². The summed E-state index contributed by atoms with van der Waals surface area (Å²) in [6.07, 6.45) is 10.8. The van der Waals surface area contributed by atoms with Crippen molar-refractivity contribution in [2.24, 2.45) is 5.92 Å². The number of aromatic nitrogens is 5. The molecule has 0 aromatic carbocycles. The van der Waals surface area contributed by atoms with E-state index in [1.54, 1.807) is 29.4 Å². The number of piperidine rings is 1. The van der Waals surface area contributed by atoms with E-state index in [1.807, 2.05) is 12.1 Å². The Balaban J connectivity index is 1.14. The first kappa shape index (κ1) is 19.1. The first-order valence-electron chi connectivity index (χ1n) is 10.8. The number of hydrogen-bond acceptors (Lipinski definition) is 7. The zero-order chi connectivity index (χ0) is 20.3. The molecule has 1 saturated heterocycles. The highest BCUT2D eigenvalue weighted by molar-refractivity contribution is 5.57. The molecule has 0 N–H and O–H groups in total. The molecule has 156 valence electrons. The van der Waals surface area contributed by atoms with Gasteiger partial charge in [-0.15, -0.1) is 0 Å². The highest BCUT2D eigenvalue weighted by Crippen LogP contribution is 2.35. The van der Waals surface area contributed by atoms with Gasteiger partial charge in [-0.1, -0.05) is 11.6 Å². The highest BCUT2D eigenvalue weighted by Gasteiger charge is 2.26. The minimum absolute atomic E-state index is 0.00503. The highest BCUT2D eigenvalue weighted by atomic mass is 16.5. The van der Waals surface area contributed by atoms with Gasteiger partial charge in [0.2, 0.25) is 5.89 Å². The summed E-state index contributed by atoms with van der Waals surface area (Å²) in [6, 6.07) is 5.34. The molecule has 0 atom stereocenters. The number of rotatable bonds is 6. The Morgan fingerprint density at radius 2 is 1.90 bits per heavy atom. The van der Waals surface area contributed by atoms with E-state index in [0.717, 1.165) is 49.8 Å². The molecule has 3 aromatic rings. The molecule has 1 saturated carbocycles. The molecule has 0 spiro atoms. The Morgan fingerprint density at radius 3 is 2.60 bits per heavy atom. The van der Waals surface area contributed by atoms with Gasteiger partial charge in [0.25, 0.3) is 5.56 Å². The van der Waals surface area contributed by atoms with Crippen molar-refractivity contribution >= 4 is 0 Å². The summed E-state index contributed by atoms with van der Waals surface area (Å²) in [5, 5.41) is 4.16. The third kappa shape index (κ3) is 4.18. The van der Waals surface area contributed by atoms with E-state index >= 15 is 0 Å². The van der Waals surface area contributed by atoms with Crippen LogP contribution in [0.1, 0.15) is 49.7 Å². The van der Waals surface area contributed by atoms with Gasteiger partial charge in [-0.25, -0.2) is 4.98 Å². The van der Waals surface area contributed by atoms with Crippen molar-refractivity contribution in [3.05, 3.63) is 59.0 Å². The van der Waals surface area contributed by atoms with E-state index < -0.39 is 0 Å². The van der Waals surface area contributed by atoms with Crippen LogP contribution < -0.4 is 5.56 Å². The van der Waals surface area contributed by atoms with E-state index in [-0.39, 0.29) is 5.56 Å². The first-order valence-corrected chi connectivity index (χ1v) is 10.8. The third-order valence-electron chi connectivity index (χ3n) is 6.32. The predicted octanol–water partition coefficient (Wildman–Crippen LogP) is 2.87. The number of hydrogen-bond donors (Lipinski definition) is 0. The fourth-order valence-corrected chi connectivity index (χ4v) is 4.20. The van der Waals surface area contributed by atoms with Crippen molar-refractivity contribution in [2.75, 3.05) is 13.1 Å². The summed E-state index contributed by atoms with van der Waals surface area (Å²) in [4.78, 5) is 28.0. The molecule has 8 nitrogen and oxygen atoms in total. The summed E-state index contributed by atoms with van der Waals surface area (Å²) in [7, 11) is 0. The van der Waals surface area contributed by atoms with E-state index in [0.29, 0.717) is 24.1 Å². The van der Waals surface area contributed by atoms with Crippen LogP contribution in [0.4, 0.5) is 0 Å². The Kier molecular flexibility index (Phi) is 5.40. The minimum Gasteiger partial charge on any atom is -0.339 e. The molecule has 4 heterocycles. The third-order valence-corrected chi connectivity index (χ3v) is 6.32. The molecular weight excluding hydrogens is 380 g/mol. The lowest BCUT2D eigenvalue weighted by molar-refractivity contribution is 0.161. The van der Waals surface area contributed by atoms with Crippen LogP contribution in [-0.2, 0) is 13.1 Å². The van der Waals surface area contributed by atoms with Crippen LogP contribution in [-0.4, -0.2) is 42.7 Å². The molecule has 3 aromatic heterocycles. The Morgan fingerprint density at radius 1 is 1.10 bits per heavy atom. The van der Waals surface area contributed by atoms with Crippen molar-refractivity contribution in [3.63, 3.8) is 0 Å². The minimum atomic E-state index is -0.00503. The fourth-order valence-electron chi connectivity index (χ4n) is 4.20. The van der Waals surface area contributed by atoms with E-state index in [9.17, 15) is 4.79 Å². The largest absolute Gasteiger partial charge is 0.339 e. The fraction of sp³-hybridized carbons (Fsp3) is 0.500. The van der Waals surface area contributed by atoms with Gasteiger partial charge < -0.3 is 4.52 Å². The lowest BCUT2D eigenvalue weighted by Gasteiger charge is -2.31. The van der Waals surface area contributed by atoms with Crippen molar-refractivity contribution in [2.45, 2.75) is 51.1 Å². The molecule has 5 rings (SSSR count). The van der Waals surface area contributed by atoms with Crippen molar-refractivity contribution in [1.82, 2.24) is 29.6 Å². The summed E-state index contributed by atoms with van der Waals surface area (Å²) >= 11 is 0. The zero-order valence-corrected chi connectivity index (χ0v) is 17.0. The summed E-state index contributed by atoms with van der Waals surface area (Å²) in [5.41, 5.74) is 1.59. The lowest BCUT2D eigenvalue weighted by atomic mass is 9.85. The van der Waals surface area contributed by atoms with Gasteiger partial charge in [0.15, 0.2) is 5.82 Å². The van der Waals surface area contributed by atoms with Gasteiger partial charge in [0.05, 0.1) is 18.6 Å². The maximum Gasteiger partial charge on any atom is 0.253 e. The second kappa shape index (κ2) is 8.47. The maximum atomic E-state index is 12.5. The second-order valence-electron chi connectivity index (χ2n) is 8.40. The number of nitrogens with zero attached hydrogens (tertiary/aromatic N) is 6. The quantitative estimate of drug-likeness (QED) is 0.622. The van der Waals surface area contributed by atoms with Crippen LogP contribution in [0.15, 0.2) is 46.2 Å². The van der Waals surface area contributed by atoms with Gasteiger partial charge in [0, 0.05) is 36.5 Å².